The van der Waals surface area contributed by atoms with Crippen LogP contribution < -0.4 is 0 Å². The number of hydrogen-bond donors (Lipinski definition) is 1. The molecule has 0 spiro atoms. The lowest BCUT2D eigenvalue weighted by molar-refractivity contribution is 0.470. The first-order valence-corrected chi connectivity index (χ1v) is 4.00. The molecule has 1 N–H and O–H groups in total. The van der Waals surface area contributed by atoms with E-state index in [1.165, 1.54) is 0 Å². The molecule has 0 amide bonds. The van der Waals surface area contributed by atoms with Crippen LogP contribution in [-0.2, 0) is 0 Å². The molecule has 0 fully saturated rings. The standard InChI is InChI=1S/C8H8BrNO/c1-2-3-7-8(11)4-6(9)5-10-7/h2-5,11H,1H3. The summed E-state index contributed by atoms with van der Waals surface area (Å²) in [5, 5.41) is 9.28. The van der Waals surface area contributed by atoms with Crippen LogP contribution in [0, 0.1) is 0 Å². The van der Waals surface area contributed by atoms with Gasteiger partial charge in [0.2, 0.25) is 0 Å². The highest BCUT2D eigenvalue weighted by molar-refractivity contribution is 9.10. The summed E-state index contributed by atoms with van der Waals surface area (Å²) in [6.07, 6.45) is 5.23. The summed E-state index contributed by atoms with van der Waals surface area (Å²) in [6.45, 7) is 1.88. The van der Waals surface area contributed by atoms with Crippen LogP contribution in [0.3, 0.4) is 0 Å². The molecule has 0 atom stereocenters. The van der Waals surface area contributed by atoms with E-state index in [4.69, 9.17) is 0 Å². The predicted molar refractivity (Wildman–Crippen MR) is 48.3 cm³/mol. The van der Waals surface area contributed by atoms with Crippen LogP contribution in [0.25, 0.3) is 6.08 Å². The Morgan fingerprint density at radius 2 is 2.36 bits per heavy atom. The third-order valence-corrected chi connectivity index (χ3v) is 1.62. The molecule has 0 saturated heterocycles. The van der Waals surface area contributed by atoms with Crippen molar-refractivity contribution in [2.75, 3.05) is 0 Å². The second-order valence-corrected chi connectivity index (χ2v) is 2.97. The van der Waals surface area contributed by atoms with Crippen LogP contribution >= 0.6 is 15.9 Å². The zero-order valence-electron chi connectivity index (χ0n) is 6.08. The maximum Gasteiger partial charge on any atom is 0.142 e. The highest BCUT2D eigenvalue weighted by atomic mass is 79.9. The number of rotatable bonds is 1. The molecule has 0 saturated carbocycles. The van der Waals surface area contributed by atoms with Crippen molar-refractivity contribution in [1.82, 2.24) is 4.98 Å². The van der Waals surface area contributed by atoms with Gasteiger partial charge in [-0.2, -0.15) is 0 Å². The van der Waals surface area contributed by atoms with Crippen LogP contribution in [0.1, 0.15) is 12.6 Å². The van der Waals surface area contributed by atoms with E-state index in [-0.39, 0.29) is 5.75 Å². The molecule has 11 heavy (non-hydrogen) atoms. The molecule has 1 rings (SSSR count). The van der Waals surface area contributed by atoms with Crippen LogP contribution in [0.4, 0.5) is 0 Å². The van der Waals surface area contributed by atoms with Gasteiger partial charge < -0.3 is 5.11 Å². The van der Waals surface area contributed by atoms with Gasteiger partial charge in [0.05, 0.1) is 0 Å². The summed E-state index contributed by atoms with van der Waals surface area (Å²) >= 11 is 3.20. The SMILES string of the molecule is CC=Cc1ncc(Br)cc1O. The van der Waals surface area contributed by atoms with Gasteiger partial charge in [-0.15, -0.1) is 0 Å². The van der Waals surface area contributed by atoms with Gasteiger partial charge in [-0.05, 0) is 35.0 Å². The summed E-state index contributed by atoms with van der Waals surface area (Å²) in [4.78, 5) is 3.98. The van der Waals surface area contributed by atoms with Gasteiger partial charge in [-0.1, -0.05) is 6.08 Å². The number of aromatic hydroxyl groups is 1. The molecule has 0 aliphatic carbocycles. The Balaban J connectivity index is 3.09. The lowest BCUT2D eigenvalue weighted by Crippen LogP contribution is -1.80. The van der Waals surface area contributed by atoms with Crippen molar-refractivity contribution in [1.29, 1.82) is 0 Å². The van der Waals surface area contributed by atoms with E-state index < -0.39 is 0 Å². The number of allylic oxidation sites excluding steroid dienone is 1. The van der Waals surface area contributed by atoms with E-state index in [0.717, 1.165) is 4.47 Å². The molecular formula is C8H8BrNO. The predicted octanol–water partition coefficient (Wildman–Crippen LogP) is 2.58. The summed E-state index contributed by atoms with van der Waals surface area (Å²) in [5.74, 6) is 0.192. The summed E-state index contributed by atoms with van der Waals surface area (Å²) in [6, 6.07) is 1.61. The van der Waals surface area contributed by atoms with Crippen molar-refractivity contribution in [3.8, 4) is 5.75 Å². The zero-order chi connectivity index (χ0) is 8.27. The minimum absolute atomic E-state index is 0.192. The molecular weight excluding hydrogens is 206 g/mol. The summed E-state index contributed by atoms with van der Waals surface area (Å²) in [5.41, 5.74) is 0.593. The van der Waals surface area contributed by atoms with Gasteiger partial charge in [-0.25, -0.2) is 0 Å². The average molecular weight is 214 g/mol. The molecule has 1 aromatic heterocycles. The highest BCUT2D eigenvalue weighted by Crippen LogP contribution is 2.20. The molecule has 1 heterocycles. The fourth-order valence-corrected chi connectivity index (χ4v) is 1.04. The van der Waals surface area contributed by atoms with Crippen LogP contribution in [-0.4, -0.2) is 10.1 Å². The van der Waals surface area contributed by atoms with Gasteiger partial charge in [-0.3, -0.25) is 4.98 Å². The second-order valence-electron chi connectivity index (χ2n) is 2.06. The normalized spacial score (nSPS) is 10.7. The fourth-order valence-electron chi connectivity index (χ4n) is 0.725. The Morgan fingerprint density at radius 3 is 2.91 bits per heavy atom. The Labute approximate surface area is 73.7 Å². The molecule has 0 aromatic carbocycles. The van der Waals surface area contributed by atoms with E-state index in [1.54, 1.807) is 18.3 Å². The van der Waals surface area contributed by atoms with Crippen molar-refractivity contribution in [3.63, 3.8) is 0 Å². The monoisotopic (exact) mass is 213 g/mol. The molecule has 58 valence electrons. The molecule has 0 radical (unpaired) electrons. The first-order valence-electron chi connectivity index (χ1n) is 3.21. The van der Waals surface area contributed by atoms with Gasteiger partial charge in [0.1, 0.15) is 11.4 Å². The molecule has 0 aliphatic heterocycles. The van der Waals surface area contributed by atoms with Crippen molar-refractivity contribution in [3.05, 3.63) is 28.5 Å². The van der Waals surface area contributed by atoms with E-state index >= 15 is 0 Å². The minimum atomic E-state index is 0.192. The van der Waals surface area contributed by atoms with E-state index in [9.17, 15) is 5.11 Å². The van der Waals surface area contributed by atoms with Crippen molar-refractivity contribution in [2.45, 2.75) is 6.92 Å². The number of hydrogen-bond acceptors (Lipinski definition) is 2. The molecule has 0 unspecified atom stereocenters. The maximum absolute atomic E-state index is 9.28. The van der Waals surface area contributed by atoms with E-state index in [2.05, 4.69) is 20.9 Å². The number of pyridine rings is 1. The number of aromatic nitrogens is 1. The summed E-state index contributed by atoms with van der Waals surface area (Å²) in [7, 11) is 0. The molecule has 1 aromatic rings. The first kappa shape index (κ1) is 8.27. The van der Waals surface area contributed by atoms with Crippen LogP contribution in [0.15, 0.2) is 22.8 Å². The fraction of sp³-hybridized carbons (Fsp3) is 0.125. The molecule has 2 nitrogen and oxygen atoms in total. The largest absolute Gasteiger partial charge is 0.506 e. The Morgan fingerprint density at radius 1 is 1.64 bits per heavy atom. The Bertz CT molecular complexity index is 283. The van der Waals surface area contributed by atoms with E-state index in [1.807, 2.05) is 13.0 Å². The van der Waals surface area contributed by atoms with Gasteiger partial charge in [0.25, 0.3) is 0 Å². The Hall–Kier alpha value is -0.830. The third kappa shape index (κ3) is 2.05. The second kappa shape index (κ2) is 3.53. The van der Waals surface area contributed by atoms with Crippen LogP contribution in [0.5, 0.6) is 5.75 Å². The Kier molecular flexibility index (Phi) is 2.65. The molecule has 0 aliphatic rings. The van der Waals surface area contributed by atoms with Crippen molar-refractivity contribution in [2.24, 2.45) is 0 Å². The lowest BCUT2D eigenvalue weighted by atomic mass is 10.3. The smallest absolute Gasteiger partial charge is 0.142 e. The van der Waals surface area contributed by atoms with Crippen molar-refractivity contribution >= 4 is 22.0 Å². The average Bonchev–Trinajstić information content (AvgIpc) is 1.95. The lowest BCUT2D eigenvalue weighted by Gasteiger charge is -1.96. The topological polar surface area (TPSA) is 33.1 Å². The number of nitrogens with zero attached hydrogens (tertiary/aromatic N) is 1. The van der Waals surface area contributed by atoms with Gasteiger partial charge in [0, 0.05) is 10.7 Å². The molecule has 0 bridgehead atoms. The first-order chi connectivity index (χ1) is 5.24. The van der Waals surface area contributed by atoms with Crippen LogP contribution in [0.2, 0.25) is 0 Å². The zero-order valence-corrected chi connectivity index (χ0v) is 7.67. The minimum Gasteiger partial charge on any atom is -0.506 e. The molecule has 3 heteroatoms. The quantitative estimate of drug-likeness (QED) is 0.779. The number of halogens is 1. The van der Waals surface area contributed by atoms with E-state index in [0.29, 0.717) is 5.69 Å². The van der Waals surface area contributed by atoms with Gasteiger partial charge in [0.15, 0.2) is 0 Å². The maximum atomic E-state index is 9.28. The van der Waals surface area contributed by atoms with Gasteiger partial charge >= 0.3 is 0 Å². The highest BCUT2D eigenvalue weighted by Gasteiger charge is 1.97. The van der Waals surface area contributed by atoms with Crippen molar-refractivity contribution < 1.29 is 5.11 Å². The third-order valence-electron chi connectivity index (χ3n) is 1.19. The summed E-state index contributed by atoms with van der Waals surface area (Å²) < 4.78 is 0.781.